The van der Waals surface area contributed by atoms with E-state index in [2.05, 4.69) is 16.0 Å². The number of nitrogens with one attached hydrogen (secondary N) is 3. The van der Waals surface area contributed by atoms with E-state index in [0.717, 1.165) is 54.0 Å². The Balaban J connectivity index is 1.40. The molecule has 47 heavy (non-hydrogen) atoms. The van der Waals surface area contributed by atoms with Crippen molar-refractivity contribution in [1.29, 1.82) is 0 Å². The van der Waals surface area contributed by atoms with Crippen LogP contribution in [0.4, 0.5) is 4.79 Å². The topological polar surface area (TPSA) is 134 Å². The van der Waals surface area contributed by atoms with Crippen LogP contribution >= 0.6 is 11.6 Å². The van der Waals surface area contributed by atoms with E-state index in [-0.39, 0.29) is 18.2 Å². The maximum Gasteiger partial charge on any atom is 0.408 e. The Bertz CT molecular complexity index is 1600. The lowest BCUT2D eigenvalue weighted by Crippen LogP contribution is -2.53. The average molecular weight is 662 g/mol. The van der Waals surface area contributed by atoms with Gasteiger partial charge in [0.1, 0.15) is 18.2 Å². The predicted molar refractivity (Wildman–Crippen MR) is 181 cm³/mol. The molecule has 5 rings (SSSR count). The molecule has 0 spiro atoms. The van der Waals surface area contributed by atoms with Gasteiger partial charge in [0.15, 0.2) is 0 Å². The highest BCUT2D eigenvalue weighted by molar-refractivity contribution is 6.30. The Hall–Kier alpha value is -4.11. The molecule has 1 aliphatic carbocycles. The summed E-state index contributed by atoms with van der Waals surface area (Å²) in [5.41, 5.74) is 0.910. The summed E-state index contributed by atoms with van der Waals surface area (Å²) < 4.78 is 6.25. The first-order chi connectivity index (χ1) is 22.5. The fourth-order valence-corrected chi connectivity index (χ4v) is 7.15. The lowest BCUT2D eigenvalue weighted by atomic mass is 9.76. The Labute approximate surface area is 280 Å². The monoisotopic (exact) mass is 661 g/mol. The summed E-state index contributed by atoms with van der Waals surface area (Å²) in [5, 5.41) is 20.7. The van der Waals surface area contributed by atoms with E-state index < -0.39 is 47.5 Å². The number of carbonyl (C=O) groups is 4. The number of ether oxygens (including phenoxy) is 1. The van der Waals surface area contributed by atoms with Gasteiger partial charge in [0.05, 0.1) is 0 Å². The first kappa shape index (κ1) is 34.2. The van der Waals surface area contributed by atoms with Crippen molar-refractivity contribution in [3.05, 3.63) is 82.9 Å². The molecule has 3 amide bonds. The number of halogens is 1. The lowest BCUT2D eigenvalue weighted by molar-refractivity contribution is -0.143. The van der Waals surface area contributed by atoms with E-state index in [1.807, 2.05) is 74.5 Å². The predicted octanol–water partition coefficient (Wildman–Crippen LogP) is 6.67. The summed E-state index contributed by atoms with van der Waals surface area (Å²) in [6.45, 7) is 4.44. The largest absolute Gasteiger partial charge is 0.480 e. The average Bonchev–Trinajstić information content (AvgIpc) is 3.46. The molecular weight excluding hydrogens is 618 g/mol. The number of rotatable bonds is 12. The maximum absolute atomic E-state index is 13.8. The second kappa shape index (κ2) is 15.2. The molecule has 4 atom stereocenters. The standard InChI is InChI=1S/C37H44ClN3O6/c1-37(2,28-13-8-14-29(38)22-28)32(26-16-15-24-11-6-7-12-25(24)20-26)47-36(46)41-30(19-23-9-4-3-5-10-23)34(43)40-31(35(44)45)21-27-17-18-39-33(27)42/h6-8,11-16,20,22-23,27,30-32H,3-5,9-10,17-19,21H2,1-2H3,(H,39,42)(H,40,43)(H,41,46)(H,44,45)/t27-,30-,31?,32?/m0/s1. The van der Waals surface area contributed by atoms with Crippen molar-refractivity contribution in [2.45, 2.75) is 88.8 Å². The van der Waals surface area contributed by atoms with Gasteiger partial charge < -0.3 is 25.8 Å². The van der Waals surface area contributed by atoms with Crippen LogP contribution in [-0.4, -0.2) is 47.6 Å². The van der Waals surface area contributed by atoms with Crippen molar-refractivity contribution in [2.24, 2.45) is 11.8 Å². The molecule has 1 saturated heterocycles. The van der Waals surface area contributed by atoms with Gasteiger partial charge in [0.2, 0.25) is 11.8 Å². The first-order valence-corrected chi connectivity index (χ1v) is 16.9. The number of amides is 3. The van der Waals surface area contributed by atoms with Crippen molar-refractivity contribution >= 4 is 46.3 Å². The van der Waals surface area contributed by atoms with Crippen LogP contribution in [0.15, 0.2) is 66.7 Å². The lowest BCUT2D eigenvalue weighted by Gasteiger charge is -2.35. The second-order valence-corrected chi connectivity index (χ2v) is 13.9. The molecule has 2 fully saturated rings. The number of hydrogen-bond acceptors (Lipinski definition) is 5. The van der Waals surface area contributed by atoms with Crippen LogP contribution < -0.4 is 16.0 Å². The third kappa shape index (κ3) is 8.63. The molecule has 2 aliphatic rings. The maximum atomic E-state index is 13.8. The van der Waals surface area contributed by atoms with Crippen LogP contribution in [-0.2, 0) is 24.5 Å². The molecule has 3 aromatic carbocycles. The number of carbonyl (C=O) groups excluding carboxylic acids is 3. The Morgan fingerprint density at radius 3 is 2.34 bits per heavy atom. The fraction of sp³-hybridized carbons (Fsp3) is 0.459. The minimum absolute atomic E-state index is 0.0225. The Morgan fingerprint density at radius 2 is 1.66 bits per heavy atom. The van der Waals surface area contributed by atoms with Crippen LogP contribution in [0, 0.1) is 11.8 Å². The third-order valence-electron chi connectivity index (χ3n) is 9.73. The number of fused-ring (bicyclic) bond motifs is 1. The molecule has 0 aromatic heterocycles. The zero-order valence-corrected chi connectivity index (χ0v) is 27.7. The van der Waals surface area contributed by atoms with Gasteiger partial charge in [-0.25, -0.2) is 9.59 Å². The Kier molecular flexibility index (Phi) is 11.1. The van der Waals surface area contributed by atoms with Crippen molar-refractivity contribution in [3.8, 4) is 0 Å². The fourth-order valence-electron chi connectivity index (χ4n) is 6.96. The van der Waals surface area contributed by atoms with Gasteiger partial charge in [-0.3, -0.25) is 9.59 Å². The normalized spacial score (nSPS) is 19.0. The molecular formula is C37H44ClN3O6. The molecule has 1 heterocycles. The SMILES string of the molecule is CC(C)(c1cccc(Cl)c1)C(OC(=O)N[C@@H](CC1CCCCC1)C(=O)NC(C[C@@H]1CCNC1=O)C(=O)O)c1ccc2ccccc2c1. The van der Waals surface area contributed by atoms with Crippen LogP contribution in [0.25, 0.3) is 10.8 Å². The van der Waals surface area contributed by atoms with Gasteiger partial charge in [-0.15, -0.1) is 0 Å². The van der Waals surface area contributed by atoms with E-state index in [0.29, 0.717) is 24.4 Å². The van der Waals surface area contributed by atoms with Gasteiger partial charge in [-0.2, -0.15) is 0 Å². The molecule has 0 bridgehead atoms. The van der Waals surface area contributed by atoms with Crippen molar-refractivity contribution in [1.82, 2.24) is 16.0 Å². The number of hydrogen-bond donors (Lipinski definition) is 4. The van der Waals surface area contributed by atoms with Crippen molar-refractivity contribution in [2.75, 3.05) is 6.54 Å². The number of carboxylic acid groups (broad SMARTS) is 1. The Morgan fingerprint density at radius 1 is 0.915 bits per heavy atom. The number of alkyl carbamates (subject to hydrolysis) is 1. The van der Waals surface area contributed by atoms with Crippen LogP contribution in [0.5, 0.6) is 0 Å². The summed E-state index contributed by atoms with van der Waals surface area (Å²) in [5.74, 6) is -2.34. The first-order valence-electron chi connectivity index (χ1n) is 16.5. The molecule has 2 unspecified atom stereocenters. The van der Waals surface area contributed by atoms with Gasteiger partial charge in [-0.05, 0) is 65.3 Å². The third-order valence-corrected chi connectivity index (χ3v) is 9.96. The van der Waals surface area contributed by atoms with E-state index in [4.69, 9.17) is 16.3 Å². The highest BCUT2D eigenvalue weighted by Gasteiger charge is 2.38. The van der Waals surface area contributed by atoms with Crippen LogP contribution in [0.2, 0.25) is 5.02 Å². The van der Waals surface area contributed by atoms with Gasteiger partial charge >= 0.3 is 12.1 Å². The van der Waals surface area contributed by atoms with Crippen LogP contribution in [0.3, 0.4) is 0 Å². The summed E-state index contributed by atoms with van der Waals surface area (Å²) >= 11 is 6.38. The van der Waals surface area contributed by atoms with Gasteiger partial charge in [-0.1, -0.05) is 106 Å². The summed E-state index contributed by atoms with van der Waals surface area (Å²) in [7, 11) is 0. The summed E-state index contributed by atoms with van der Waals surface area (Å²) in [6, 6.07) is 19.0. The number of benzene rings is 3. The van der Waals surface area contributed by atoms with E-state index in [1.165, 1.54) is 0 Å². The highest BCUT2D eigenvalue weighted by Crippen LogP contribution is 2.41. The van der Waals surface area contributed by atoms with Crippen molar-refractivity contribution in [3.63, 3.8) is 0 Å². The minimum Gasteiger partial charge on any atom is -0.480 e. The molecule has 250 valence electrons. The number of aliphatic carboxylic acids is 1. The molecule has 10 heteroatoms. The van der Waals surface area contributed by atoms with E-state index in [9.17, 15) is 24.3 Å². The quantitative estimate of drug-likeness (QED) is 0.171. The van der Waals surface area contributed by atoms with Gasteiger partial charge in [0, 0.05) is 22.9 Å². The van der Waals surface area contributed by atoms with E-state index >= 15 is 0 Å². The summed E-state index contributed by atoms with van der Waals surface area (Å²) in [4.78, 5) is 51.9. The zero-order valence-electron chi connectivity index (χ0n) is 27.0. The van der Waals surface area contributed by atoms with Crippen molar-refractivity contribution < 1.29 is 29.0 Å². The highest BCUT2D eigenvalue weighted by atomic mass is 35.5. The molecule has 9 nitrogen and oxygen atoms in total. The second-order valence-electron chi connectivity index (χ2n) is 13.5. The molecule has 4 N–H and O–H groups in total. The zero-order chi connectivity index (χ0) is 33.6. The van der Waals surface area contributed by atoms with E-state index in [1.54, 1.807) is 6.07 Å². The molecule has 3 aromatic rings. The smallest absolute Gasteiger partial charge is 0.408 e. The molecule has 1 saturated carbocycles. The van der Waals surface area contributed by atoms with Gasteiger partial charge in [0.25, 0.3) is 0 Å². The summed E-state index contributed by atoms with van der Waals surface area (Å²) in [6.07, 6.45) is 4.34. The van der Waals surface area contributed by atoms with Crippen LogP contribution in [0.1, 0.15) is 82.4 Å². The minimum atomic E-state index is -1.27. The molecule has 1 aliphatic heterocycles. The molecule has 0 radical (unpaired) electrons. The number of carboxylic acids is 1.